The van der Waals surface area contributed by atoms with Crippen LogP contribution in [0.25, 0.3) is 11.0 Å². The van der Waals surface area contributed by atoms with Gasteiger partial charge in [0, 0.05) is 12.5 Å². The molecule has 0 spiro atoms. The van der Waals surface area contributed by atoms with E-state index in [-0.39, 0.29) is 11.6 Å². The molecule has 1 unspecified atom stereocenters. The molecule has 0 bridgehead atoms. The second-order valence-electron chi connectivity index (χ2n) is 5.69. The largest absolute Gasteiger partial charge is 0.459 e. The quantitative estimate of drug-likeness (QED) is 0.910. The number of hydrogen-bond donors (Lipinski definition) is 1. The highest BCUT2D eigenvalue weighted by atomic mass is 16.5. The van der Waals surface area contributed by atoms with Crippen LogP contribution in [0.2, 0.25) is 0 Å². The molecule has 1 fully saturated rings. The van der Waals surface area contributed by atoms with E-state index in [1.165, 1.54) is 6.42 Å². The summed E-state index contributed by atoms with van der Waals surface area (Å²) in [5.74, 6) is 0.868. The van der Waals surface area contributed by atoms with Gasteiger partial charge in [0.2, 0.25) is 0 Å². The first kappa shape index (κ1) is 12.7. The summed E-state index contributed by atoms with van der Waals surface area (Å²) in [6.07, 6.45) is 4.29. The van der Waals surface area contributed by atoms with Crippen molar-refractivity contribution < 1.29 is 9.15 Å². The zero-order valence-electron chi connectivity index (χ0n) is 11.6. The minimum Gasteiger partial charge on any atom is -0.459 e. The standard InChI is InChI=1S/C16H21NO2/c1-11-5-3-6-12-9-14(19-15(11)12)13(17)10-16(18-2)7-4-8-16/h3,5-6,9,13H,4,7-8,10,17H2,1-2H3. The summed E-state index contributed by atoms with van der Waals surface area (Å²) in [5, 5.41) is 1.13. The molecule has 1 aromatic heterocycles. The van der Waals surface area contributed by atoms with Crippen LogP contribution in [0, 0.1) is 6.92 Å². The van der Waals surface area contributed by atoms with Gasteiger partial charge < -0.3 is 14.9 Å². The fourth-order valence-electron chi connectivity index (χ4n) is 2.98. The first-order valence-corrected chi connectivity index (χ1v) is 6.93. The predicted octanol–water partition coefficient (Wildman–Crippen LogP) is 3.70. The van der Waals surface area contributed by atoms with Crippen molar-refractivity contribution in [1.29, 1.82) is 0 Å². The van der Waals surface area contributed by atoms with Gasteiger partial charge in [-0.1, -0.05) is 18.2 Å². The van der Waals surface area contributed by atoms with Crippen molar-refractivity contribution in [1.82, 2.24) is 0 Å². The molecule has 102 valence electrons. The molecule has 2 N–H and O–H groups in total. The number of rotatable bonds is 4. The van der Waals surface area contributed by atoms with Crippen LogP contribution in [0.15, 0.2) is 28.7 Å². The van der Waals surface area contributed by atoms with Gasteiger partial charge in [0.15, 0.2) is 0 Å². The lowest BCUT2D eigenvalue weighted by Gasteiger charge is -2.41. The van der Waals surface area contributed by atoms with E-state index >= 15 is 0 Å². The van der Waals surface area contributed by atoms with E-state index in [0.717, 1.165) is 41.6 Å². The van der Waals surface area contributed by atoms with Crippen LogP contribution in [0.1, 0.15) is 43.0 Å². The van der Waals surface area contributed by atoms with Gasteiger partial charge in [0.1, 0.15) is 11.3 Å². The maximum Gasteiger partial charge on any atom is 0.137 e. The molecule has 1 heterocycles. The fraction of sp³-hybridized carbons (Fsp3) is 0.500. The number of furan rings is 1. The van der Waals surface area contributed by atoms with Crippen molar-refractivity contribution in [2.45, 2.75) is 44.2 Å². The average molecular weight is 259 g/mol. The molecule has 1 atom stereocenters. The molecule has 1 saturated carbocycles. The number of methoxy groups -OCH3 is 1. The van der Waals surface area contributed by atoms with E-state index in [1.807, 2.05) is 6.07 Å². The number of nitrogens with two attached hydrogens (primary N) is 1. The molecule has 19 heavy (non-hydrogen) atoms. The number of para-hydroxylation sites is 1. The van der Waals surface area contributed by atoms with Crippen LogP contribution in [0.5, 0.6) is 0 Å². The summed E-state index contributed by atoms with van der Waals surface area (Å²) in [6, 6.07) is 8.15. The summed E-state index contributed by atoms with van der Waals surface area (Å²) in [6.45, 7) is 2.06. The molecular weight excluding hydrogens is 238 g/mol. The van der Waals surface area contributed by atoms with Gasteiger partial charge in [-0.25, -0.2) is 0 Å². The van der Waals surface area contributed by atoms with Crippen LogP contribution in [0.3, 0.4) is 0 Å². The number of benzene rings is 1. The Labute approximate surface area is 113 Å². The third-order valence-corrected chi connectivity index (χ3v) is 4.42. The zero-order valence-corrected chi connectivity index (χ0v) is 11.6. The van der Waals surface area contributed by atoms with Crippen LogP contribution < -0.4 is 5.73 Å². The third-order valence-electron chi connectivity index (χ3n) is 4.42. The lowest BCUT2D eigenvalue weighted by atomic mass is 9.75. The van der Waals surface area contributed by atoms with E-state index in [9.17, 15) is 0 Å². The van der Waals surface area contributed by atoms with Crippen molar-refractivity contribution in [3.8, 4) is 0 Å². The Morgan fingerprint density at radius 2 is 2.21 bits per heavy atom. The van der Waals surface area contributed by atoms with Gasteiger partial charge in [-0.2, -0.15) is 0 Å². The third kappa shape index (κ3) is 2.17. The molecule has 1 aliphatic rings. The normalized spacial score (nSPS) is 19.3. The maximum atomic E-state index is 6.31. The molecule has 0 saturated heterocycles. The smallest absolute Gasteiger partial charge is 0.137 e. The number of ether oxygens (including phenoxy) is 1. The fourth-order valence-corrected chi connectivity index (χ4v) is 2.98. The van der Waals surface area contributed by atoms with Gasteiger partial charge in [-0.15, -0.1) is 0 Å². The minimum absolute atomic E-state index is 0.0204. The topological polar surface area (TPSA) is 48.4 Å². The summed E-state index contributed by atoms with van der Waals surface area (Å²) in [5.41, 5.74) is 8.39. The van der Waals surface area contributed by atoms with Crippen LogP contribution >= 0.6 is 0 Å². The predicted molar refractivity (Wildman–Crippen MR) is 76.1 cm³/mol. The van der Waals surface area contributed by atoms with Gasteiger partial charge in [-0.05, 0) is 44.2 Å². The first-order valence-electron chi connectivity index (χ1n) is 6.93. The molecule has 2 aromatic rings. The molecule has 1 aliphatic carbocycles. The van der Waals surface area contributed by atoms with E-state index in [2.05, 4.69) is 25.1 Å². The van der Waals surface area contributed by atoms with Gasteiger partial charge in [0.05, 0.1) is 11.6 Å². The Bertz CT molecular complexity index is 578. The second kappa shape index (κ2) is 4.66. The Hall–Kier alpha value is -1.32. The Morgan fingerprint density at radius 3 is 2.79 bits per heavy atom. The molecule has 3 nitrogen and oxygen atoms in total. The highest BCUT2D eigenvalue weighted by Gasteiger charge is 2.39. The average Bonchev–Trinajstić information content (AvgIpc) is 2.79. The van der Waals surface area contributed by atoms with Gasteiger partial charge in [0.25, 0.3) is 0 Å². The molecule has 0 aliphatic heterocycles. The van der Waals surface area contributed by atoms with Gasteiger partial charge in [-0.3, -0.25) is 0 Å². The van der Waals surface area contributed by atoms with Crippen molar-refractivity contribution in [2.24, 2.45) is 5.73 Å². The highest BCUT2D eigenvalue weighted by molar-refractivity contribution is 5.80. The van der Waals surface area contributed by atoms with Crippen molar-refractivity contribution in [2.75, 3.05) is 7.11 Å². The number of hydrogen-bond acceptors (Lipinski definition) is 3. The number of aryl methyl sites for hydroxylation is 1. The zero-order chi connectivity index (χ0) is 13.5. The Balaban J connectivity index is 1.85. The van der Waals surface area contributed by atoms with Crippen molar-refractivity contribution in [3.63, 3.8) is 0 Å². The SMILES string of the molecule is COC1(CC(N)c2cc3cccc(C)c3o2)CCC1. The summed E-state index contributed by atoms with van der Waals surface area (Å²) >= 11 is 0. The van der Waals surface area contributed by atoms with Crippen LogP contribution in [-0.4, -0.2) is 12.7 Å². The van der Waals surface area contributed by atoms with E-state index in [0.29, 0.717) is 0 Å². The molecule has 3 rings (SSSR count). The molecule has 0 radical (unpaired) electrons. The lowest BCUT2D eigenvalue weighted by molar-refractivity contribution is -0.0825. The van der Waals surface area contributed by atoms with E-state index in [1.54, 1.807) is 7.11 Å². The second-order valence-corrected chi connectivity index (χ2v) is 5.69. The highest BCUT2D eigenvalue weighted by Crippen LogP contribution is 2.41. The van der Waals surface area contributed by atoms with Crippen LogP contribution in [-0.2, 0) is 4.74 Å². The maximum absolute atomic E-state index is 6.31. The Morgan fingerprint density at radius 1 is 1.42 bits per heavy atom. The molecular formula is C16H21NO2. The first-order chi connectivity index (χ1) is 9.13. The molecule has 3 heteroatoms. The monoisotopic (exact) mass is 259 g/mol. The summed E-state index contributed by atoms with van der Waals surface area (Å²) < 4.78 is 11.6. The van der Waals surface area contributed by atoms with Crippen LogP contribution in [0.4, 0.5) is 0 Å². The minimum atomic E-state index is -0.0907. The number of fused-ring (bicyclic) bond motifs is 1. The Kier molecular flexibility index (Phi) is 3.11. The van der Waals surface area contributed by atoms with E-state index in [4.69, 9.17) is 14.9 Å². The molecule has 0 amide bonds. The van der Waals surface area contributed by atoms with Gasteiger partial charge >= 0.3 is 0 Å². The summed E-state index contributed by atoms with van der Waals surface area (Å²) in [4.78, 5) is 0. The van der Waals surface area contributed by atoms with Crippen molar-refractivity contribution in [3.05, 3.63) is 35.6 Å². The lowest BCUT2D eigenvalue weighted by Crippen LogP contribution is -2.41. The summed E-state index contributed by atoms with van der Waals surface area (Å²) in [7, 11) is 1.79. The molecule has 1 aromatic carbocycles. The van der Waals surface area contributed by atoms with E-state index < -0.39 is 0 Å². The van der Waals surface area contributed by atoms with Crippen molar-refractivity contribution >= 4 is 11.0 Å².